The van der Waals surface area contributed by atoms with Crippen molar-refractivity contribution in [3.8, 4) is 0 Å². The Morgan fingerprint density at radius 2 is 2.27 bits per heavy atom. The number of hydrogen-bond acceptors (Lipinski definition) is 3. The zero-order chi connectivity index (χ0) is 8.27. The number of hydrogen-bond donors (Lipinski definition) is 3. The van der Waals surface area contributed by atoms with Crippen LogP contribution in [0.25, 0.3) is 0 Å². The van der Waals surface area contributed by atoms with Crippen LogP contribution in [0, 0.1) is 0 Å². The number of rotatable bonds is 2. The maximum absolute atomic E-state index is 10.6. The van der Waals surface area contributed by atoms with Crippen molar-refractivity contribution in [2.45, 2.75) is 0 Å². The molecule has 1 amide bonds. The van der Waals surface area contributed by atoms with Crippen molar-refractivity contribution in [1.29, 1.82) is 0 Å². The number of benzene rings is 1. The highest BCUT2D eigenvalue weighted by Gasteiger charge is 1.98. The molecular weight excluding hydrogens is 144 g/mol. The minimum absolute atomic E-state index is 0.365. The molecule has 11 heavy (non-hydrogen) atoms. The van der Waals surface area contributed by atoms with Crippen molar-refractivity contribution in [3.63, 3.8) is 0 Å². The molecule has 0 aliphatic rings. The van der Waals surface area contributed by atoms with Crippen LogP contribution in [0.3, 0.4) is 0 Å². The number of carbonyl (C=O) groups excluding carboxylic acids is 1. The highest BCUT2D eigenvalue weighted by Crippen LogP contribution is 2.08. The summed E-state index contributed by atoms with van der Waals surface area (Å²) in [5.41, 5.74) is 7.71. The molecule has 0 radical (unpaired) electrons. The SMILES string of the molecule is NC(=O)c1cccc(NO)c1. The van der Waals surface area contributed by atoms with E-state index >= 15 is 0 Å². The fraction of sp³-hybridized carbons (Fsp3) is 0. The van der Waals surface area contributed by atoms with Crippen molar-refractivity contribution < 1.29 is 10.0 Å². The standard InChI is InChI=1S/C7H8N2O2/c8-7(10)5-2-1-3-6(4-5)9-11/h1-4,9,11H,(H2,8,10). The van der Waals surface area contributed by atoms with Gasteiger partial charge < -0.3 is 5.73 Å². The lowest BCUT2D eigenvalue weighted by Gasteiger charge is -1.98. The summed E-state index contributed by atoms with van der Waals surface area (Å²) in [6, 6.07) is 6.27. The normalized spacial score (nSPS) is 9.18. The minimum Gasteiger partial charge on any atom is -0.366 e. The molecule has 0 aliphatic heterocycles. The van der Waals surface area contributed by atoms with E-state index in [4.69, 9.17) is 10.9 Å². The first-order chi connectivity index (χ1) is 5.24. The summed E-state index contributed by atoms with van der Waals surface area (Å²) in [6.07, 6.45) is 0. The summed E-state index contributed by atoms with van der Waals surface area (Å²) in [5, 5.41) is 8.44. The predicted octanol–water partition coefficient (Wildman–Crippen LogP) is 0.587. The lowest BCUT2D eigenvalue weighted by molar-refractivity contribution is 0.100. The number of nitrogens with one attached hydrogen (secondary N) is 1. The molecule has 4 N–H and O–H groups in total. The van der Waals surface area contributed by atoms with E-state index in [1.165, 1.54) is 6.07 Å². The van der Waals surface area contributed by atoms with E-state index in [-0.39, 0.29) is 0 Å². The Morgan fingerprint density at radius 3 is 2.82 bits per heavy atom. The first-order valence-corrected chi connectivity index (χ1v) is 3.04. The van der Waals surface area contributed by atoms with Crippen LogP contribution >= 0.6 is 0 Å². The van der Waals surface area contributed by atoms with Crippen molar-refractivity contribution in [1.82, 2.24) is 0 Å². The summed E-state index contributed by atoms with van der Waals surface area (Å²) in [5.74, 6) is -0.512. The van der Waals surface area contributed by atoms with E-state index in [1.807, 2.05) is 5.48 Å². The average molecular weight is 152 g/mol. The molecule has 1 rings (SSSR count). The second-order valence-electron chi connectivity index (χ2n) is 2.06. The van der Waals surface area contributed by atoms with Gasteiger partial charge in [0.1, 0.15) is 0 Å². The molecule has 0 bridgehead atoms. The Kier molecular flexibility index (Phi) is 2.08. The van der Waals surface area contributed by atoms with E-state index in [2.05, 4.69) is 0 Å². The molecule has 1 aromatic rings. The van der Waals surface area contributed by atoms with E-state index in [9.17, 15) is 4.79 Å². The largest absolute Gasteiger partial charge is 0.366 e. The molecule has 0 spiro atoms. The lowest BCUT2D eigenvalue weighted by Crippen LogP contribution is -2.10. The van der Waals surface area contributed by atoms with Crippen LogP contribution in [0.2, 0.25) is 0 Å². The van der Waals surface area contributed by atoms with Gasteiger partial charge in [0.2, 0.25) is 5.91 Å². The van der Waals surface area contributed by atoms with Crippen LogP contribution in [0.15, 0.2) is 24.3 Å². The van der Waals surface area contributed by atoms with Crippen LogP contribution in [-0.4, -0.2) is 11.1 Å². The molecule has 0 saturated heterocycles. The first kappa shape index (κ1) is 7.56. The Labute approximate surface area is 63.6 Å². The van der Waals surface area contributed by atoms with Gasteiger partial charge in [-0.25, -0.2) is 0 Å². The van der Waals surface area contributed by atoms with Crippen LogP contribution < -0.4 is 11.2 Å². The second kappa shape index (κ2) is 3.03. The number of carbonyl (C=O) groups is 1. The highest BCUT2D eigenvalue weighted by molar-refractivity contribution is 5.93. The van der Waals surface area contributed by atoms with Crippen LogP contribution in [0.1, 0.15) is 10.4 Å². The molecular formula is C7H8N2O2. The van der Waals surface area contributed by atoms with Crippen molar-refractivity contribution in [2.75, 3.05) is 5.48 Å². The summed E-state index contributed by atoms with van der Waals surface area (Å²) in [4.78, 5) is 10.6. The molecule has 0 saturated carbocycles. The summed E-state index contributed by atoms with van der Waals surface area (Å²) in [7, 11) is 0. The van der Waals surface area contributed by atoms with E-state index in [1.54, 1.807) is 18.2 Å². The van der Waals surface area contributed by atoms with Crippen molar-refractivity contribution in [2.24, 2.45) is 5.73 Å². The van der Waals surface area contributed by atoms with Gasteiger partial charge in [0.25, 0.3) is 0 Å². The molecule has 0 unspecified atom stereocenters. The zero-order valence-electron chi connectivity index (χ0n) is 5.74. The monoisotopic (exact) mass is 152 g/mol. The van der Waals surface area contributed by atoms with E-state index < -0.39 is 5.91 Å². The molecule has 0 aromatic heterocycles. The minimum atomic E-state index is -0.512. The second-order valence-corrected chi connectivity index (χ2v) is 2.06. The Morgan fingerprint density at radius 1 is 1.55 bits per heavy atom. The third kappa shape index (κ3) is 1.68. The molecule has 0 heterocycles. The highest BCUT2D eigenvalue weighted by atomic mass is 16.5. The van der Waals surface area contributed by atoms with Gasteiger partial charge in [-0.05, 0) is 18.2 Å². The van der Waals surface area contributed by atoms with Gasteiger partial charge in [0, 0.05) is 5.56 Å². The van der Waals surface area contributed by atoms with E-state index in [0.717, 1.165) is 0 Å². The average Bonchev–Trinajstić information content (AvgIpc) is 2.05. The van der Waals surface area contributed by atoms with Crippen LogP contribution in [-0.2, 0) is 0 Å². The van der Waals surface area contributed by atoms with Crippen molar-refractivity contribution >= 4 is 11.6 Å². The lowest BCUT2D eigenvalue weighted by atomic mass is 10.2. The van der Waals surface area contributed by atoms with Gasteiger partial charge in [-0.15, -0.1) is 0 Å². The van der Waals surface area contributed by atoms with Gasteiger partial charge in [-0.2, -0.15) is 0 Å². The van der Waals surface area contributed by atoms with Gasteiger partial charge in [-0.3, -0.25) is 15.5 Å². The fourth-order valence-corrected chi connectivity index (χ4v) is 0.742. The van der Waals surface area contributed by atoms with Crippen molar-refractivity contribution in [3.05, 3.63) is 29.8 Å². The summed E-state index contributed by atoms with van der Waals surface area (Å²) < 4.78 is 0. The maximum Gasteiger partial charge on any atom is 0.248 e. The molecule has 0 fully saturated rings. The van der Waals surface area contributed by atoms with Gasteiger partial charge in [0.15, 0.2) is 0 Å². The predicted molar refractivity (Wildman–Crippen MR) is 40.4 cm³/mol. The van der Waals surface area contributed by atoms with Gasteiger partial charge in [0.05, 0.1) is 5.69 Å². The summed E-state index contributed by atoms with van der Waals surface area (Å²) in [6.45, 7) is 0. The molecule has 4 nitrogen and oxygen atoms in total. The van der Waals surface area contributed by atoms with Gasteiger partial charge in [-0.1, -0.05) is 6.07 Å². The quantitative estimate of drug-likeness (QED) is 0.543. The van der Waals surface area contributed by atoms with Crippen LogP contribution in [0.5, 0.6) is 0 Å². The fourth-order valence-electron chi connectivity index (χ4n) is 0.742. The number of amides is 1. The molecule has 0 aliphatic carbocycles. The number of primary amides is 1. The molecule has 0 atom stereocenters. The Bertz CT molecular complexity index is 273. The smallest absolute Gasteiger partial charge is 0.248 e. The zero-order valence-corrected chi connectivity index (χ0v) is 5.74. The summed E-state index contributed by atoms with van der Waals surface area (Å²) >= 11 is 0. The maximum atomic E-state index is 10.6. The third-order valence-electron chi connectivity index (χ3n) is 1.28. The van der Waals surface area contributed by atoms with Gasteiger partial charge >= 0.3 is 0 Å². The third-order valence-corrected chi connectivity index (χ3v) is 1.28. The van der Waals surface area contributed by atoms with E-state index in [0.29, 0.717) is 11.3 Å². The first-order valence-electron chi connectivity index (χ1n) is 3.04. The van der Waals surface area contributed by atoms with Crippen LogP contribution in [0.4, 0.5) is 5.69 Å². The Balaban J connectivity index is 3.01. The number of nitrogens with two attached hydrogens (primary N) is 1. The number of anilines is 1. The molecule has 4 heteroatoms. The Hall–Kier alpha value is -1.55. The topological polar surface area (TPSA) is 75.4 Å². The molecule has 58 valence electrons. The molecule has 1 aromatic carbocycles.